The molecule has 0 amide bonds. The predicted molar refractivity (Wildman–Crippen MR) is 123 cm³/mol. The van der Waals surface area contributed by atoms with Crippen molar-refractivity contribution in [2.24, 2.45) is 10.9 Å². The lowest BCUT2D eigenvalue weighted by Gasteiger charge is -2.34. The third-order valence-corrected chi connectivity index (χ3v) is 4.55. The van der Waals surface area contributed by atoms with Crippen molar-refractivity contribution in [2.45, 2.75) is 46.3 Å². The van der Waals surface area contributed by atoms with Gasteiger partial charge >= 0.3 is 0 Å². The summed E-state index contributed by atoms with van der Waals surface area (Å²) in [5.74, 6) is 1.42. The fraction of sp³-hybridized carbons (Fsp3) is 0.667. The van der Waals surface area contributed by atoms with Gasteiger partial charge in [-0.3, -0.25) is 4.99 Å². The Bertz CT molecular complexity index is 519. The second kappa shape index (κ2) is 14.2. The van der Waals surface area contributed by atoms with Gasteiger partial charge in [-0.05, 0) is 38.2 Å². The number of likely N-dealkylation sites (tertiary alicyclic amines) is 1. The molecule has 1 unspecified atom stereocenters. The average molecular weight is 489 g/mol. The molecule has 27 heavy (non-hydrogen) atoms. The molecule has 0 spiro atoms. The van der Waals surface area contributed by atoms with Crippen LogP contribution >= 0.6 is 24.0 Å². The molecule has 5 nitrogen and oxygen atoms in total. The van der Waals surface area contributed by atoms with Crippen LogP contribution in [0.25, 0.3) is 0 Å². The number of nitrogens with zero attached hydrogens (tertiary/aromatic N) is 2. The van der Waals surface area contributed by atoms with Gasteiger partial charge < -0.3 is 19.7 Å². The summed E-state index contributed by atoms with van der Waals surface area (Å²) in [6, 6.07) is 10.3. The Morgan fingerprint density at radius 2 is 1.93 bits per heavy atom. The van der Waals surface area contributed by atoms with Crippen LogP contribution in [0.3, 0.4) is 0 Å². The van der Waals surface area contributed by atoms with E-state index in [1.54, 1.807) is 0 Å². The Morgan fingerprint density at radius 3 is 2.56 bits per heavy atom. The number of ether oxygens (including phenoxy) is 2. The molecular formula is C21H36IN3O2. The summed E-state index contributed by atoms with van der Waals surface area (Å²) >= 11 is 0. The first-order valence-electron chi connectivity index (χ1n) is 9.99. The van der Waals surface area contributed by atoms with Gasteiger partial charge in [0.05, 0.1) is 19.3 Å². The number of hydrogen-bond acceptors (Lipinski definition) is 3. The normalized spacial score (nSPS) is 16.7. The van der Waals surface area contributed by atoms with E-state index >= 15 is 0 Å². The molecule has 0 aromatic heterocycles. The largest absolute Gasteiger partial charge is 0.378 e. The number of guanidine groups is 1. The van der Waals surface area contributed by atoms with Crippen LogP contribution in [0.2, 0.25) is 0 Å². The molecule has 1 aliphatic heterocycles. The third kappa shape index (κ3) is 9.25. The van der Waals surface area contributed by atoms with Crippen LogP contribution in [0, 0.1) is 5.92 Å². The Morgan fingerprint density at radius 1 is 1.22 bits per heavy atom. The van der Waals surface area contributed by atoms with Crippen molar-refractivity contribution in [1.29, 1.82) is 0 Å². The summed E-state index contributed by atoms with van der Waals surface area (Å²) in [6.45, 7) is 12.3. The van der Waals surface area contributed by atoms with Gasteiger partial charge in [0, 0.05) is 32.8 Å². The first kappa shape index (κ1) is 24.2. The van der Waals surface area contributed by atoms with Crippen LogP contribution in [-0.2, 0) is 16.1 Å². The molecule has 154 valence electrons. The minimum absolute atomic E-state index is 0. The average Bonchev–Trinajstić information content (AvgIpc) is 2.67. The van der Waals surface area contributed by atoms with Crippen LogP contribution in [0.4, 0.5) is 0 Å². The minimum Gasteiger partial charge on any atom is -0.378 e. The molecule has 6 heteroatoms. The molecule has 1 fully saturated rings. The van der Waals surface area contributed by atoms with Gasteiger partial charge in [0.25, 0.3) is 0 Å². The standard InChI is InChI=1S/C21H35N3O2.HI/c1-4-22-21(24-13-11-20(12-14-24)26-5-2)23-15-18(3)16-25-17-19-9-7-6-8-10-19;/h6-10,18,20H,4-5,11-17H2,1-3H3,(H,22,23);1H. The van der Waals surface area contributed by atoms with E-state index in [4.69, 9.17) is 14.5 Å². The van der Waals surface area contributed by atoms with E-state index in [-0.39, 0.29) is 24.0 Å². The third-order valence-electron chi connectivity index (χ3n) is 4.55. The molecule has 1 saturated heterocycles. The molecule has 1 aromatic carbocycles. The minimum atomic E-state index is 0. The number of halogens is 1. The van der Waals surface area contributed by atoms with E-state index in [9.17, 15) is 0 Å². The molecule has 0 aliphatic carbocycles. The van der Waals surface area contributed by atoms with Crippen LogP contribution < -0.4 is 5.32 Å². The predicted octanol–water partition coefficient (Wildman–Crippen LogP) is 3.92. The zero-order chi connectivity index (χ0) is 18.6. The van der Waals surface area contributed by atoms with Gasteiger partial charge in [-0.1, -0.05) is 37.3 Å². The number of nitrogens with one attached hydrogen (secondary N) is 1. The Hall–Kier alpha value is -0.860. The van der Waals surface area contributed by atoms with Gasteiger partial charge in [0.2, 0.25) is 0 Å². The number of benzene rings is 1. The van der Waals surface area contributed by atoms with Crippen molar-refractivity contribution in [2.75, 3.05) is 39.4 Å². The monoisotopic (exact) mass is 489 g/mol. The summed E-state index contributed by atoms with van der Waals surface area (Å²) in [5, 5.41) is 3.43. The van der Waals surface area contributed by atoms with Gasteiger partial charge in [0.15, 0.2) is 5.96 Å². The lowest BCUT2D eigenvalue weighted by Crippen LogP contribution is -2.47. The number of rotatable bonds is 9. The summed E-state index contributed by atoms with van der Waals surface area (Å²) in [5.41, 5.74) is 1.22. The maximum absolute atomic E-state index is 5.84. The number of aliphatic imine (C=N–C) groups is 1. The first-order chi connectivity index (χ1) is 12.7. The molecule has 1 aromatic rings. The zero-order valence-corrected chi connectivity index (χ0v) is 19.4. The topological polar surface area (TPSA) is 46.1 Å². The van der Waals surface area contributed by atoms with Crippen LogP contribution in [-0.4, -0.2) is 56.4 Å². The maximum atomic E-state index is 5.84. The number of hydrogen-bond donors (Lipinski definition) is 1. The van der Waals surface area contributed by atoms with E-state index in [0.29, 0.717) is 18.6 Å². The molecule has 0 saturated carbocycles. The van der Waals surface area contributed by atoms with Gasteiger partial charge in [-0.25, -0.2) is 0 Å². The van der Waals surface area contributed by atoms with Crippen molar-refractivity contribution in [1.82, 2.24) is 10.2 Å². The van der Waals surface area contributed by atoms with E-state index in [0.717, 1.165) is 58.2 Å². The molecule has 0 radical (unpaired) electrons. The summed E-state index contributed by atoms with van der Waals surface area (Å²) in [4.78, 5) is 7.20. The molecule has 1 aliphatic rings. The second-order valence-corrected chi connectivity index (χ2v) is 6.94. The van der Waals surface area contributed by atoms with E-state index < -0.39 is 0 Å². The maximum Gasteiger partial charge on any atom is 0.193 e. The quantitative estimate of drug-likeness (QED) is 0.325. The first-order valence-corrected chi connectivity index (χ1v) is 9.99. The lowest BCUT2D eigenvalue weighted by molar-refractivity contribution is 0.0263. The van der Waals surface area contributed by atoms with Crippen molar-refractivity contribution in [3.05, 3.63) is 35.9 Å². The van der Waals surface area contributed by atoms with Gasteiger partial charge in [-0.15, -0.1) is 24.0 Å². The van der Waals surface area contributed by atoms with Crippen molar-refractivity contribution in [3.63, 3.8) is 0 Å². The summed E-state index contributed by atoms with van der Waals surface area (Å²) in [6.07, 6.45) is 2.56. The zero-order valence-electron chi connectivity index (χ0n) is 17.0. The lowest BCUT2D eigenvalue weighted by atomic mass is 10.1. The molecular weight excluding hydrogens is 453 g/mol. The van der Waals surface area contributed by atoms with E-state index in [1.807, 2.05) is 18.2 Å². The van der Waals surface area contributed by atoms with Crippen molar-refractivity contribution >= 4 is 29.9 Å². The Balaban J connectivity index is 0.00000364. The SMILES string of the molecule is CCNC(=NCC(C)COCc1ccccc1)N1CCC(OCC)CC1.I. The second-order valence-electron chi connectivity index (χ2n) is 6.94. The van der Waals surface area contributed by atoms with Crippen molar-refractivity contribution in [3.8, 4) is 0 Å². The molecule has 1 N–H and O–H groups in total. The highest BCUT2D eigenvalue weighted by Gasteiger charge is 2.21. The molecule has 1 atom stereocenters. The summed E-state index contributed by atoms with van der Waals surface area (Å²) in [7, 11) is 0. The highest BCUT2D eigenvalue weighted by atomic mass is 127. The highest BCUT2D eigenvalue weighted by Crippen LogP contribution is 2.14. The van der Waals surface area contributed by atoms with Crippen molar-refractivity contribution < 1.29 is 9.47 Å². The fourth-order valence-electron chi connectivity index (χ4n) is 3.14. The Labute approximate surface area is 181 Å². The van der Waals surface area contributed by atoms with E-state index in [1.165, 1.54) is 5.56 Å². The van der Waals surface area contributed by atoms with Gasteiger partial charge in [-0.2, -0.15) is 0 Å². The highest BCUT2D eigenvalue weighted by molar-refractivity contribution is 14.0. The summed E-state index contributed by atoms with van der Waals surface area (Å²) < 4.78 is 11.6. The molecule has 2 rings (SSSR count). The molecule has 1 heterocycles. The van der Waals surface area contributed by atoms with Crippen LogP contribution in [0.15, 0.2) is 35.3 Å². The number of piperidine rings is 1. The van der Waals surface area contributed by atoms with Gasteiger partial charge in [0.1, 0.15) is 0 Å². The van der Waals surface area contributed by atoms with Crippen LogP contribution in [0.1, 0.15) is 39.2 Å². The van der Waals surface area contributed by atoms with Crippen LogP contribution in [0.5, 0.6) is 0 Å². The Kier molecular flexibility index (Phi) is 12.7. The molecule has 0 bridgehead atoms. The fourth-order valence-corrected chi connectivity index (χ4v) is 3.14. The smallest absolute Gasteiger partial charge is 0.193 e. The van der Waals surface area contributed by atoms with E-state index in [2.05, 4.69) is 43.1 Å².